The smallest absolute Gasteiger partial charge is 0.243 e. The molecule has 10 heteroatoms. The molecular weight excluding hydrogens is 398 g/mol. The van der Waals surface area contributed by atoms with E-state index in [1.54, 1.807) is 16.4 Å². The quantitative estimate of drug-likeness (QED) is 0.734. The van der Waals surface area contributed by atoms with Gasteiger partial charge < -0.3 is 5.32 Å². The summed E-state index contributed by atoms with van der Waals surface area (Å²) in [7, 11) is -6.66. The number of sulfone groups is 1. The van der Waals surface area contributed by atoms with Gasteiger partial charge in [-0.25, -0.2) is 16.8 Å². The van der Waals surface area contributed by atoms with Crippen molar-refractivity contribution in [3.8, 4) is 0 Å². The molecule has 0 amide bonds. The topological polar surface area (TPSA) is 86.8 Å². The zero-order chi connectivity index (χ0) is 18.1. The van der Waals surface area contributed by atoms with Crippen LogP contribution in [-0.4, -0.2) is 77.6 Å². The Kier molecular flexibility index (Phi) is 7.09. The Labute approximate surface area is 162 Å². The van der Waals surface area contributed by atoms with E-state index in [2.05, 4.69) is 10.2 Å². The summed E-state index contributed by atoms with van der Waals surface area (Å²) in [4.78, 5) is 2.59. The van der Waals surface area contributed by atoms with Crippen molar-refractivity contribution in [3.05, 3.63) is 29.8 Å². The number of nitrogens with zero attached hydrogens (tertiary/aromatic N) is 2. The summed E-state index contributed by atoms with van der Waals surface area (Å²) in [6, 6.07) is 6.46. The molecule has 0 spiro atoms. The van der Waals surface area contributed by atoms with E-state index in [-0.39, 0.29) is 29.1 Å². The van der Waals surface area contributed by atoms with Crippen LogP contribution in [0, 0.1) is 0 Å². The van der Waals surface area contributed by atoms with Gasteiger partial charge in [-0.2, -0.15) is 4.31 Å². The van der Waals surface area contributed by atoms with Crippen LogP contribution in [0.3, 0.4) is 0 Å². The molecule has 2 aliphatic rings. The normalized spacial score (nSPS) is 22.9. The Morgan fingerprint density at radius 1 is 1.04 bits per heavy atom. The standard InChI is InChI=1S/C16H25N3O4S2.ClH/c1-24(20,21)13-14-2-4-16(5-3-14)25(22,23)19-9-6-15(12-19)18-10-7-17-8-11-18;/h2-5,15,17H,6-13H2,1H3;1H. The second-order valence-electron chi connectivity index (χ2n) is 6.81. The molecule has 1 aromatic carbocycles. The van der Waals surface area contributed by atoms with Gasteiger partial charge in [0, 0.05) is 51.6 Å². The van der Waals surface area contributed by atoms with Crippen LogP contribution >= 0.6 is 12.4 Å². The van der Waals surface area contributed by atoms with Crippen LogP contribution in [-0.2, 0) is 25.6 Å². The number of benzene rings is 1. The number of hydrogen-bond donors (Lipinski definition) is 1. The zero-order valence-electron chi connectivity index (χ0n) is 14.8. The Hall–Kier alpha value is -0.710. The van der Waals surface area contributed by atoms with Gasteiger partial charge >= 0.3 is 0 Å². The van der Waals surface area contributed by atoms with Crippen LogP contribution in [0.4, 0.5) is 0 Å². The second kappa shape index (κ2) is 8.53. The molecule has 26 heavy (non-hydrogen) atoms. The summed E-state index contributed by atoms with van der Waals surface area (Å²) in [6.45, 7) is 4.86. The first-order chi connectivity index (χ1) is 11.8. The van der Waals surface area contributed by atoms with E-state index >= 15 is 0 Å². The van der Waals surface area contributed by atoms with Crippen molar-refractivity contribution in [3.63, 3.8) is 0 Å². The minimum Gasteiger partial charge on any atom is -0.314 e. The fourth-order valence-corrected chi connectivity index (χ4v) is 5.77. The van der Waals surface area contributed by atoms with Crippen molar-refractivity contribution in [1.29, 1.82) is 0 Å². The fraction of sp³-hybridized carbons (Fsp3) is 0.625. The van der Waals surface area contributed by atoms with Crippen molar-refractivity contribution < 1.29 is 16.8 Å². The van der Waals surface area contributed by atoms with Crippen molar-refractivity contribution in [1.82, 2.24) is 14.5 Å². The number of sulfonamides is 1. The number of nitrogens with one attached hydrogen (secondary N) is 1. The Morgan fingerprint density at radius 2 is 1.65 bits per heavy atom. The highest BCUT2D eigenvalue weighted by molar-refractivity contribution is 7.90. The molecule has 2 aliphatic heterocycles. The Balaban J connectivity index is 0.00000243. The van der Waals surface area contributed by atoms with E-state index in [9.17, 15) is 16.8 Å². The molecule has 0 aromatic heterocycles. The third kappa shape index (κ3) is 5.17. The van der Waals surface area contributed by atoms with Crippen molar-refractivity contribution in [2.75, 3.05) is 45.5 Å². The maximum absolute atomic E-state index is 12.8. The average Bonchev–Trinajstić information content (AvgIpc) is 3.05. The van der Waals surface area contributed by atoms with Crippen molar-refractivity contribution >= 4 is 32.3 Å². The zero-order valence-corrected chi connectivity index (χ0v) is 17.2. The summed E-state index contributed by atoms with van der Waals surface area (Å²) < 4.78 is 49.9. The first-order valence-corrected chi connectivity index (χ1v) is 12.0. The first kappa shape index (κ1) is 21.6. The summed E-state index contributed by atoms with van der Waals surface area (Å²) in [6.07, 6.45) is 2.02. The molecule has 0 radical (unpaired) electrons. The molecule has 1 unspecified atom stereocenters. The molecule has 2 heterocycles. The number of hydrogen-bond acceptors (Lipinski definition) is 6. The van der Waals surface area contributed by atoms with Gasteiger partial charge in [-0.15, -0.1) is 12.4 Å². The molecule has 0 saturated carbocycles. The van der Waals surface area contributed by atoms with Crippen LogP contribution in [0.5, 0.6) is 0 Å². The van der Waals surface area contributed by atoms with Crippen LogP contribution in [0.15, 0.2) is 29.2 Å². The summed E-state index contributed by atoms with van der Waals surface area (Å²) >= 11 is 0. The lowest BCUT2D eigenvalue weighted by Gasteiger charge is -2.32. The predicted octanol–water partition coefficient (Wildman–Crippen LogP) is 0.321. The molecule has 1 N–H and O–H groups in total. The van der Waals surface area contributed by atoms with E-state index in [0.717, 1.165) is 38.9 Å². The summed E-state index contributed by atoms with van der Waals surface area (Å²) in [5, 5.41) is 3.31. The van der Waals surface area contributed by atoms with Gasteiger partial charge in [-0.3, -0.25) is 4.90 Å². The highest BCUT2D eigenvalue weighted by Crippen LogP contribution is 2.24. The van der Waals surface area contributed by atoms with Gasteiger partial charge in [-0.05, 0) is 24.1 Å². The number of halogens is 1. The molecule has 0 aliphatic carbocycles. The molecule has 1 atom stereocenters. The highest BCUT2D eigenvalue weighted by Gasteiger charge is 2.35. The molecule has 2 saturated heterocycles. The third-order valence-corrected chi connectivity index (χ3v) is 7.52. The highest BCUT2D eigenvalue weighted by atomic mass is 35.5. The summed E-state index contributed by atoms with van der Waals surface area (Å²) in [5.41, 5.74) is 0.599. The average molecular weight is 424 g/mol. The molecule has 2 fully saturated rings. The van der Waals surface area contributed by atoms with Gasteiger partial charge in [0.15, 0.2) is 9.84 Å². The minimum absolute atomic E-state index is 0. The van der Waals surface area contributed by atoms with Crippen molar-refractivity contribution in [2.24, 2.45) is 0 Å². The van der Waals surface area contributed by atoms with E-state index in [4.69, 9.17) is 0 Å². The van der Waals surface area contributed by atoms with E-state index in [1.807, 2.05) is 0 Å². The fourth-order valence-electron chi connectivity index (χ4n) is 3.48. The van der Waals surface area contributed by atoms with Crippen molar-refractivity contribution in [2.45, 2.75) is 23.1 Å². The molecule has 1 aromatic rings. The lowest BCUT2D eigenvalue weighted by Crippen LogP contribution is -2.49. The van der Waals surface area contributed by atoms with E-state index < -0.39 is 19.9 Å². The van der Waals surface area contributed by atoms with Crippen LogP contribution in [0.2, 0.25) is 0 Å². The predicted molar refractivity (Wildman–Crippen MR) is 104 cm³/mol. The lowest BCUT2D eigenvalue weighted by molar-refractivity contribution is 0.179. The van der Waals surface area contributed by atoms with Crippen LogP contribution < -0.4 is 5.32 Å². The van der Waals surface area contributed by atoms with Gasteiger partial charge in [-0.1, -0.05) is 12.1 Å². The van der Waals surface area contributed by atoms with Gasteiger partial charge in [0.05, 0.1) is 10.6 Å². The monoisotopic (exact) mass is 423 g/mol. The molecule has 7 nitrogen and oxygen atoms in total. The van der Waals surface area contributed by atoms with Gasteiger partial charge in [0.1, 0.15) is 0 Å². The summed E-state index contributed by atoms with van der Waals surface area (Å²) in [5.74, 6) is -0.0812. The lowest BCUT2D eigenvalue weighted by atomic mass is 10.2. The largest absolute Gasteiger partial charge is 0.314 e. The van der Waals surface area contributed by atoms with E-state index in [0.29, 0.717) is 18.7 Å². The third-order valence-electron chi connectivity index (χ3n) is 4.78. The SMILES string of the molecule is CS(=O)(=O)Cc1ccc(S(=O)(=O)N2CCC(N3CCNCC3)C2)cc1.Cl. The number of piperazine rings is 1. The van der Waals surface area contributed by atoms with Gasteiger partial charge in [0.25, 0.3) is 0 Å². The van der Waals surface area contributed by atoms with Crippen LogP contribution in [0.25, 0.3) is 0 Å². The molecule has 3 rings (SSSR count). The molecule has 148 valence electrons. The maximum Gasteiger partial charge on any atom is 0.243 e. The van der Waals surface area contributed by atoms with E-state index in [1.165, 1.54) is 12.1 Å². The molecule has 0 bridgehead atoms. The first-order valence-electron chi connectivity index (χ1n) is 8.47. The Morgan fingerprint density at radius 3 is 2.23 bits per heavy atom. The minimum atomic E-state index is -3.53. The molecular formula is C16H26ClN3O4S2. The van der Waals surface area contributed by atoms with Gasteiger partial charge in [0.2, 0.25) is 10.0 Å². The maximum atomic E-state index is 12.8. The Bertz CT molecular complexity index is 806. The second-order valence-corrected chi connectivity index (χ2v) is 10.9. The van der Waals surface area contributed by atoms with Crippen LogP contribution in [0.1, 0.15) is 12.0 Å². The number of rotatable bonds is 5.